The maximum atomic E-state index is 3.22. The molecule has 0 fully saturated rings. The van der Waals surface area contributed by atoms with Crippen LogP contribution in [0.4, 0.5) is 0 Å². The first-order valence-corrected chi connectivity index (χ1v) is 3.94. The van der Waals surface area contributed by atoms with E-state index in [0.29, 0.717) is 0 Å². The molecule has 0 N–H and O–H groups in total. The fraction of sp³-hybridized carbons (Fsp3) is 0.273. The maximum absolute atomic E-state index is 3.22. The number of aryl methyl sites for hydroxylation is 2. The molecule has 0 amide bonds. The van der Waals surface area contributed by atoms with E-state index in [0.717, 1.165) is 6.42 Å². The summed E-state index contributed by atoms with van der Waals surface area (Å²) in [6, 6.07) is 4.51. The Kier molecular flexibility index (Phi) is 3.06. The van der Waals surface area contributed by atoms with E-state index < -0.39 is 0 Å². The summed E-state index contributed by atoms with van der Waals surface area (Å²) in [5.41, 5.74) is 5.55. The van der Waals surface area contributed by atoms with Gasteiger partial charge < -0.3 is 0 Å². The van der Waals surface area contributed by atoms with Gasteiger partial charge in [-0.15, -0.1) is 18.1 Å². The minimum Gasteiger partial charge on any atom is -0.272 e. The van der Waals surface area contributed by atoms with Gasteiger partial charge in [0, 0.05) is 26.2 Å². The summed E-state index contributed by atoms with van der Waals surface area (Å²) in [6.45, 7) is 4.32. The molecule has 12 heavy (non-hydrogen) atoms. The fourth-order valence-electron chi connectivity index (χ4n) is 1.46. The van der Waals surface area contributed by atoms with E-state index in [4.69, 9.17) is 0 Å². The van der Waals surface area contributed by atoms with Crippen LogP contribution in [0, 0.1) is 19.9 Å². The Morgan fingerprint density at radius 1 is 1.17 bits per heavy atom. The van der Waals surface area contributed by atoms with Crippen molar-refractivity contribution < 1.29 is 26.2 Å². The molecule has 0 nitrogen and oxygen atoms in total. The SMILES string of the molecule is Cc1cc2c(cc1C)C[C-]=C2.[Zr]. The number of rotatable bonds is 0. The van der Waals surface area contributed by atoms with Crippen LogP contribution in [0.2, 0.25) is 0 Å². The van der Waals surface area contributed by atoms with Gasteiger partial charge in [-0.2, -0.15) is 5.56 Å². The van der Waals surface area contributed by atoms with Crippen molar-refractivity contribution in [3.8, 4) is 0 Å². The van der Waals surface area contributed by atoms with Crippen molar-refractivity contribution in [3.63, 3.8) is 0 Å². The number of benzene rings is 1. The van der Waals surface area contributed by atoms with Gasteiger partial charge in [-0.25, -0.2) is 6.08 Å². The van der Waals surface area contributed by atoms with Crippen LogP contribution in [0.3, 0.4) is 0 Å². The van der Waals surface area contributed by atoms with Crippen molar-refractivity contribution in [3.05, 3.63) is 40.5 Å². The molecule has 0 saturated heterocycles. The molecule has 0 bridgehead atoms. The molecule has 60 valence electrons. The Hall–Kier alpha value is -0.157. The summed E-state index contributed by atoms with van der Waals surface area (Å²) in [5, 5.41) is 0. The molecule has 0 aliphatic heterocycles. The van der Waals surface area contributed by atoms with Crippen LogP contribution in [-0.4, -0.2) is 0 Å². The van der Waals surface area contributed by atoms with Crippen LogP contribution < -0.4 is 0 Å². The molecule has 1 aromatic carbocycles. The molecule has 0 heterocycles. The summed E-state index contributed by atoms with van der Waals surface area (Å²) in [4.78, 5) is 0. The summed E-state index contributed by atoms with van der Waals surface area (Å²) < 4.78 is 0. The third-order valence-electron chi connectivity index (χ3n) is 2.31. The fourth-order valence-corrected chi connectivity index (χ4v) is 1.46. The molecule has 0 spiro atoms. The molecule has 0 radical (unpaired) electrons. The average molecular weight is 234 g/mol. The molecule has 2 rings (SSSR count). The zero-order valence-electron chi connectivity index (χ0n) is 7.44. The molecule has 1 aliphatic rings. The topological polar surface area (TPSA) is 0 Å². The van der Waals surface area contributed by atoms with Gasteiger partial charge in [0.2, 0.25) is 0 Å². The third-order valence-corrected chi connectivity index (χ3v) is 2.31. The Labute approximate surface area is 92.8 Å². The van der Waals surface area contributed by atoms with Crippen molar-refractivity contribution >= 4 is 6.08 Å². The minimum atomic E-state index is 0. The van der Waals surface area contributed by atoms with Crippen LogP contribution in [-0.2, 0) is 32.6 Å². The van der Waals surface area contributed by atoms with E-state index in [1.807, 2.05) is 0 Å². The van der Waals surface area contributed by atoms with Crippen molar-refractivity contribution in [1.82, 2.24) is 0 Å². The average Bonchev–Trinajstić information content (AvgIpc) is 2.36. The number of hydrogen-bond acceptors (Lipinski definition) is 0. The summed E-state index contributed by atoms with van der Waals surface area (Å²) in [6.07, 6.45) is 6.30. The van der Waals surface area contributed by atoms with Crippen LogP contribution in [0.25, 0.3) is 6.08 Å². The van der Waals surface area contributed by atoms with Gasteiger partial charge in [-0.3, -0.25) is 6.08 Å². The standard InChI is InChI=1S/C11H11.Zr/c1-8-6-10-4-3-5-11(10)7-9(8)2;/h4,6-7H,5H2,1-2H3;/q-1;. The molecule has 0 saturated carbocycles. The van der Waals surface area contributed by atoms with Crippen molar-refractivity contribution in [1.29, 1.82) is 0 Å². The van der Waals surface area contributed by atoms with E-state index in [9.17, 15) is 0 Å². The van der Waals surface area contributed by atoms with Crippen LogP contribution in [0.1, 0.15) is 22.3 Å². The van der Waals surface area contributed by atoms with Crippen LogP contribution in [0.5, 0.6) is 0 Å². The van der Waals surface area contributed by atoms with Gasteiger partial charge in [-0.1, -0.05) is 17.2 Å². The molecule has 0 atom stereocenters. The molecule has 1 aromatic rings. The largest absolute Gasteiger partial charge is 0.272 e. The van der Waals surface area contributed by atoms with Crippen molar-refractivity contribution in [2.24, 2.45) is 0 Å². The second kappa shape index (κ2) is 3.70. The second-order valence-electron chi connectivity index (χ2n) is 3.16. The van der Waals surface area contributed by atoms with Crippen LogP contribution in [0.15, 0.2) is 12.1 Å². The smallest absolute Gasteiger partial charge is 0 e. The molecular formula is C11H11Zr-. The Balaban J connectivity index is 0.000000720. The van der Waals surface area contributed by atoms with Crippen LogP contribution >= 0.6 is 0 Å². The van der Waals surface area contributed by atoms with E-state index in [2.05, 4.69) is 38.1 Å². The molecule has 0 aromatic heterocycles. The summed E-state index contributed by atoms with van der Waals surface area (Å²) >= 11 is 0. The zero-order valence-corrected chi connectivity index (χ0v) is 9.90. The number of hydrogen-bond donors (Lipinski definition) is 0. The van der Waals surface area contributed by atoms with Gasteiger partial charge in [-0.05, 0) is 13.8 Å². The molecule has 0 unspecified atom stereocenters. The number of allylic oxidation sites excluding steroid dienone is 1. The van der Waals surface area contributed by atoms with E-state index in [1.165, 1.54) is 22.3 Å². The number of fused-ring (bicyclic) bond motifs is 1. The Morgan fingerprint density at radius 3 is 2.58 bits per heavy atom. The molecule has 1 heteroatoms. The Morgan fingerprint density at radius 2 is 1.83 bits per heavy atom. The minimum absolute atomic E-state index is 0. The predicted molar refractivity (Wildman–Crippen MR) is 47.3 cm³/mol. The summed E-state index contributed by atoms with van der Waals surface area (Å²) in [5.74, 6) is 0. The van der Waals surface area contributed by atoms with Gasteiger partial charge >= 0.3 is 0 Å². The first kappa shape index (κ1) is 9.93. The normalized spacial score (nSPS) is 12.5. The van der Waals surface area contributed by atoms with Gasteiger partial charge in [0.15, 0.2) is 0 Å². The van der Waals surface area contributed by atoms with Crippen molar-refractivity contribution in [2.75, 3.05) is 0 Å². The van der Waals surface area contributed by atoms with Gasteiger partial charge in [0.05, 0.1) is 0 Å². The van der Waals surface area contributed by atoms with Gasteiger partial charge in [0.1, 0.15) is 0 Å². The maximum Gasteiger partial charge on any atom is 0 e. The predicted octanol–water partition coefficient (Wildman–Crippen LogP) is 2.67. The summed E-state index contributed by atoms with van der Waals surface area (Å²) in [7, 11) is 0. The monoisotopic (exact) mass is 233 g/mol. The second-order valence-corrected chi connectivity index (χ2v) is 3.16. The van der Waals surface area contributed by atoms with Gasteiger partial charge in [0.25, 0.3) is 0 Å². The molecular weight excluding hydrogens is 223 g/mol. The Bertz CT molecular complexity index is 324. The van der Waals surface area contributed by atoms with E-state index in [-0.39, 0.29) is 26.2 Å². The zero-order chi connectivity index (χ0) is 7.84. The first-order valence-electron chi connectivity index (χ1n) is 3.94. The quantitative estimate of drug-likeness (QED) is 0.606. The van der Waals surface area contributed by atoms with Crippen molar-refractivity contribution in [2.45, 2.75) is 20.3 Å². The third kappa shape index (κ3) is 1.61. The molecule has 1 aliphatic carbocycles. The first-order chi connectivity index (χ1) is 5.27. The van der Waals surface area contributed by atoms with E-state index >= 15 is 0 Å². The van der Waals surface area contributed by atoms with E-state index in [1.54, 1.807) is 0 Å².